The van der Waals surface area contributed by atoms with E-state index in [-0.39, 0.29) is 18.3 Å². The number of nitrogens with two attached hydrogens (primary N) is 1. The van der Waals surface area contributed by atoms with Gasteiger partial charge in [-0.1, -0.05) is 17.7 Å². The number of fused-ring (bicyclic) bond motifs is 1. The lowest BCUT2D eigenvalue weighted by Crippen LogP contribution is -2.36. The third-order valence-corrected chi connectivity index (χ3v) is 3.60. The Balaban J connectivity index is 0.00000161. The van der Waals surface area contributed by atoms with Crippen molar-refractivity contribution in [3.8, 4) is 0 Å². The summed E-state index contributed by atoms with van der Waals surface area (Å²) in [6, 6.07) is 9.62. The summed E-state index contributed by atoms with van der Waals surface area (Å²) >= 11 is 0. The van der Waals surface area contributed by atoms with Crippen LogP contribution >= 0.6 is 12.4 Å². The maximum Gasteiger partial charge on any atom is 0.276 e. The van der Waals surface area contributed by atoms with Crippen molar-refractivity contribution in [2.24, 2.45) is 0 Å². The molecule has 0 aliphatic carbocycles. The van der Waals surface area contributed by atoms with Crippen molar-refractivity contribution in [1.29, 1.82) is 0 Å². The first-order valence-electron chi connectivity index (χ1n) is 6.78. The van der Waals surface area contributed by atoms with Crippen LogP contribution in [-0.4, -0.2) is 17.4 Å². The highest BCUT2D eigenvalue weighted by Crippen LogP contribution is 2.29. The van der Waals surface area contributed by atoms with Crippen LogP contribution in [-0.2, 0) is 6.42 Å². The highest BCUT2D eigenvalue weighted by atomic mass is 35.5. The van der Waals surface area contributed by atoms with Crippen LogP contribution in [0.4, 0.5) is 11.4 Å². The number of aryl methyl sites for hydroxylation is 2. The third kappa shape index (κ3) is 3.00. The zero-order valence-corrected chi connectivity index (χ0v) is 12.7. The van der Waals surface area contributed by atoms with Gasteiger partial charge < -0.3 is 10.6 Å². The van der Waals surface area contributed by atoms with Crippen molar-refractivity contribution < 1.29 is 4.79 Å². The van der Waals surface area contributed by atoms with Gasteiger partial charge in [-0.25, -0.2) is 4.98 Å². The van der Waals surface area contributed by atoms with E-state index in [1.165, 1.54) is 17.3 Å². The number of halogens is 1. The number of rotatable bonds is 1. The van der Waals surface area contributed by atoms with Crippen molar-refractivity contribution >= 4 is 29.7 Å². The van der Waals surface area contributed by atoms with Gasteiger partial charge in [0.2, 0.25) is 0 Å². The molecule has 21 heavy (non-hydrogen) atoms. The topological polar surface area (TPSA) is 59.2 Å². The fourth-order valence-electron chi connectivity index (χ4n) is 2.61. The quantitative estimate of drug-likeness (QED) is 0.881. The number of pyridine rings is 1. The number of benzene rings is 1. The first-order chi connectivity index (χ1) is 9.65. The SMILES string of the molecule is Cc1ccc2c(c1)CCCN2C(=O)c1ccc(N)cn1.Cl. The van der Waals surface area contributed by atoms with Gasteiger partial charge in [-0.15, -0.1) is 12.4 Å². The van der Waals surface area contributed by atoms with Gasteiger partial charge in [0.15, 0.2) is 0 Å². The van der Waals surface area contributed by atoms with E-state index in [1.54, 1.807) is 12.1 Å². The molecule has 110 valence electrons. The summed E-state index contributed by atoms with van der Waals surface area (Å²) in [6.45, 7) is 2.81. The first kappa shape index (κ1) is 15.3. The predicted octanol–water partition coefficient (Wildman–Crippen LogP) is 2.99. The molecule has 2 heterocycles. The van der Waals surface area contributed by atoms with Gasteiger partial charge in [0, 0.05) is 12.2 Å². The van der Waals surface area contributed by atoms with Gasteiger partial charge in [0.05, 0.1) is 11.9 Å². The molecule has 0 unspecified atom stereocenters. The number of carbonyl (C=O) groups is 1. The van der Waals surface area contributed by atoms with E-state index < -0.39 is 0 Å². The maximum absolute atomic E-state index is 12.6. The number of aromatic nitrogens is 1. The highest BCUT2D eigenvalue weighted by molar-refractivity contribution is 6.05. The Kier molecular flexibility index (Phi) is 4.48. The molecule has 1 amide bonds. The molecule has 2 aromatic rings. The average molecular weight is 304 g/mol. The van der Waals surface area contributed by atoms with Crippen LogP contribution in [0, 0.1) is 6.92 Å². The number of hydrogen-bond donors (Lipinski definition) is 1. The zero-order valence-electron chi connectivity index (χ0n) is 11.9. The Morgan fingerprint density at radius 1 is 1.29 bits per heavy atom. The molecule has 4 nitrogen and oxygen atoms in total. The van der Waals surface area contributed by atoms with E-state index >= 15 is 0 Å². The second kappa shape index (κ2) is 6.14. The Labute approximate surface area is 130 Å². The summed E-state index contributed by atoms with van der Waals surface area (Å²) in [4.78, 5) is 18.5. The largest absolute Gasteiger partial charge is 0.397 e. The van der Waals surface area contributed by atoms with Crippen molar-refractivity contribution in [2.45, 2.75) is 19.8 Å². The number of anilines is 2. The van der Waals surface area contributed by atoms with Crippen LogP contribution in [0.1, 0.15) is 28.0 Å². The lowest BCUT2D eigenvalue weighted by atomic mass is 9.99. The lowest BCUT2D eigenvalue weighted by Gasteiger charge is -2.29. The molecule has 1 aromatic heterocycles. The minimum absolute atomic E-state index is 0. The molecular weight excluding hydrogens is 286 g/mol. The van der Waals surface area contributed by atoms with Crippen LogP contribution < -0.4 is 10.6 Å². The summed E-state index contributed by atoms with van der Waals surface area (Å²) < 4.78 is 0. The average Bonchev–Trinajstić information content (AvgIpc) is 2.46. The van der Waals surface area contributed by atoms with Gasteiger partial charge in [-0.2, -0.15) is 0 Å². The van der Waals surface area contributed by atoms with Crippen LogP contribution in [0.2, 0.25) is 0 Å². The van der Waals surface area contributed by atoms with Crippen molar-refractivity contribution in [2.75, 3.05) is 17.2 Å². The van der Waals surface area contributed by atoms with Crippen LogP contribution in [0.25, 0.3) is 0 Å². The minimum Gasteiger partial charge on any atom is -0.397 e. The molecule has 0 saturated carbocycles. The molecule has 5 heteroatoms. The normalized spacial score (nSPS) is 13.3. The van der Waals surface area contributed by atoms with Crippen molar-refractivity contribution in [1.82, 2.24) is 4.98 Å². The Morgan fingerprint density at radius 3 is 2.81 bits per heavy atom. The zero-order chi connectivity index (χ0) is 14.1. The van der Waals surface area contributed by atoms with E-state index in [4.69, 9.17) is 5.73 Å². The third-order valence-electron chi connectivity index (χ3n) is 3.60. The molecular formula is C16H18ClN3O. The van der Waals surface area contributed by atoms with Crippen molar-refractivity contribution in [3.63, 3.8) is 0 Å². The standard InChI is InChI=1S/C16H17N3O.ClH/c1-11-4-7-15-12(9-11)3-2-8-19(15)16(20)14-6-5-13(17)10-18-14;/h4-7,9-10H,2-3,8,17H2,1H3;1H. The Morgan fingerprint density at radius 2 is 2.10 bits per heavy atom. The molecule has 0 saturated heterocycles. The molecule has 0 fully saturated rings. The summed E-state index contributed by atoms with van der Waals surface area (Å²) in [6.07, 6.45) is 3.53. The van der Waals surface area contributed by atoms with Crippen LogP contribution in [0.5, 0.6) is 0 Å². The molecule has 0 radical (unpaired) electrons. The van der Waals surface area contributed by atoms with E-state index in [2.05, 4.69) is 18.0 Å². The molecule has 1 aliphatic heterocycles. The first-order valence-corrected chi connectivity index (χ1v) is 6.78. The second-order valence-corrected chi connectivity index (χ2v) is 5.17. The van der Waals surface area contributed by atoms with Crippen LogP contribution in [0.3, 0.4) is 0 Å². The van der Waals surface area contributed by atoms with Crippen LogP contribution in [0.15, 0.2) is 36.5 Å². The number of amides is 1. The molecule has 0 atom stereocenters. The summed E-state index contributed by atoms with van der Waals surface area (Å²) in [5, 5.41) is 0. The summed E-state index contributed by atoms with van der Waals surface area (Å²) in [5.41, 5.74) is 10.1. The van der Waals surface area contributed by atoms with Gasteiger partial charge >= 0.3 is 0 Å². The van der Waals surface area contributed by atoms with Gasteiger partial charge in [0.25, 0.3) is 5.91 Å². The number of hydrogen-bond acceptors (Lipinski definition) is 3. The predicted molar refractivity (Wildman–Crippen MR) is 87.1 cm³/mol. The lowest BCUT2D eigenvalue weighted by molar-refractivity contribution is 0.0980. The smallest absolute Gasteiger partial charge is 0.276 e. The van der Waals surface area contributed by atoms with Gasteiger partial charge in [-0.05, 0) is 43.5 Å². The number of carbonyl (C=O) groups excluding carboxylic acids is 1. The fourth-order valence-corrected chi connectivity index (χ4v) is 2.61. The molecule has 2 N–H and O–H groups in total. The van der Waals surface area contributed by atoms with Gasteiger partial charge in [-0.3, -0.25) is 4.79 Å². The van der Waals surface area contributed by atoms with E-state index in [0.29, 0.717) is 11.4 Å². The molecule has 0 spiro atoms. The highest BCUT2D eigenvalue weighted by Gasteiger charge is 2.24. The van der Waals surface area contributed by atoms with E-state index in [9.17, 15) is 4.79 Å². The van der Waals surface area contributed by atoms with Crippen molar-refractivity contribution in [3.05, 3.63) is 53.3 Å². The number of nitrogens with zero attached hydrogens (tertiary/aromatic N) is 2. The maximum atomic E-state index is 12.6. The van der Waals surface area contributed by atoms with E-state index in [0.717, 1.165) is 25.1 Å². The second-order valence-electron chi connectivity index (χ2n) is 5.17. The fraction of sp³-hybridized carbons (Fsp3) is 0.250. The monoisotopic (exact) mass is 303 g/mol. The van der Waals surface area contributed by atoms with E-state index in [1.807, 2.05) is 17.0 Å². The molecule has 0 bridgehead atoms. The summed E-state index contributed by atoms with van der Waals surface area (Å²) in [5.74, 6) is -0.0604. The minimum atomic E-state index is -0.0604. The molecule has 1 aliphatic rings. The summed E-state index contributed by atoms with van der Waals surface area (Å²) in [7, 11) is 0. The molecule has 1 aromatic carbocycles. The van der Waals surface area contributed by atoms with Gasteiger partial charge in [0.1, 0.15) is 5.69 Å². The Bertz CT molecular complexity index is 655. The number of nitrogen functional groups attached to an aromatic ring is 1. The molecule has 3 rings (SSSR count). The Hall–Kier alpha value is -2.07.